The van der Waals surface area contributed by atoms with Gasteiger partial charge in [-0.1, -0.05) is 11.6 Å². The number of hydrogen-bond acceptors (Lipinski definition) is 5. The largest absolute Gasteiger partial charge is 0.489 e. The number of benzene rings is 1. The molecule has 1 aromatic carbocycles. The first-order valence-electron chi connectivity index (χ1n) is 9.78. The number of halogens is 3. The molecule has 3 heterocycles. The molecule has 30 heavy (non-hydrogen) atoms. The monoisotopic (exact) mass is 467 g/mol. The molecule has 0 spiro atoms. The summed E-state index contributed by atoms with van der Waals surface area (Å²) in [5.74, 6) is 3.25. The average molecular weight is 469 g/mol. The van der Waals surface area contributed by atoms with Crippen molar-refractivity contribution < 1.29 is 4.74 Å². The van der Waals surface area contributed by atoms with Gasteiger partial charge in [-0.3, -0.25) is 9.55 Å². The van der Waals surface area contributed by atoms with Crippen LogP contribution in [0.25, 0.3) is 5.69 Å². The van der Waals surface area contributed by atoms with Crippen LogP contribution in [0.1, 0.15) is 48.8 Å². The molecular weight excluding hydrogens is 445 g/mol. The van der Waals surface area contributed by atoms with Crippen molar-refractivity contribution >= 4 is 36.4 Å². The maximum atomic E-state index is 6.22. The number of nitrogens with one attached hydrogen (secondary N) is 1. The van der Waals surface area contributed by atoms with Gasteiger partial charge >= 0.3 is 0 Å². The number of aromatic nitrogens is 4. The van der Waals surface area contributed by atoms with E-state index in [-0.39, 0.29) is 30.9 Å². The minimum Gasteiger partial charge on any atom is -0.489 e. The first kappa shape index (κ1) is 22.8. The van der Waals surface area contributed by atoms with Gasteiger partial charge in [0.25, 0.3) is 0 Å². The molecule has 0 bridgehead atoms. The van der Waals surface area contributed by atoms with E-state index in [2.05, 4.69) is 31.1 Å². The second-order valence-corrected chi connectivity index (χ2v) is 7.90. The highest BCUT2D eigenvalue weighted by molar-refractivity contribution is 6.30. The summed E-state index contributed by atoms with van der Waals surface area (Å²) in [4.78, 5) is 4.13. The average Bonchev–Trinajstić information content (AvgIpc) is 3.05. The Hall–Kier alpha value is -1.86. The van der Waals surface area contributed by atoms with E-state index in [1.165, 1.54) is 5.56 Å². The Bertz CT molecular complexity index is 974. The van der Waals surface area contributed by atoms with Crippen molar-refractivity contribution in [3.63, 3.8) is 0 Å². The lowest BCUT2D eigenvalue weighted by molar-refractivity contribution is 0.144. The minimum absolute atomic E-state index is 0. The fourth-order valence-corrected chi connectivity index (χ4v) is 4.44. The van der Waals surface area contributed by atoms with E-state index in [0.717, 1.165) is 60.3 Å². The van der Waals surface area contributed by atoms with Crippen LogP contribution in [0.15, 0.2) is 42.7 Å². The molecule has 0 amide bonds. The molecule has 5 rings (SSSR count). The zero-order valence-corrected chi connectivity index (χ0v) is 18.7. The second-order valence-electron chi connectivity index (χ2n) is 7.47. The summed E-state index contributed by atoms with van der Waals surface area (Å²) in [6.07, 6.45) is 7.87. The quantitative estimate of drug-likeness (QED) is 0.594. The maximum Gasteiger partial charge on any atom is 0.151 e. The fourth-order valence-electron chi connectivity index (χ4n) is 4.24. The van der Waals surface area contributed by atoms with E-state index in [1.54, 1.807) is 12.4 Å². The smallest absolute Gasteiger partial charge is 0.151 e. The number of nitrogens with zero attached hydrogens (tertiary/aromatic N) is 4. The van der Waals surface area contributed by atoms with Crippen LogP contribution >= 0.6 is 36.4 Å². The molecule has 2 aromatic heterocycles. The van der Waals surface area contributed by atoms with Gasteiger partial charge in [-0.05, 0) is 61.6 Å². The lowest BCUT2D eigenvalue weighted by Crippen LogP contribution is -2.25. The van der Waals surface area contributed by atoms with Gasteiger partial charge in [0, 0.05) is 23.7 Å². The highest BCUT2D eigenvalue weighted by atomic mass is 35.5. The predicted molar refractivity (Wildman–Crippen MR) is 121 cm³/mol. The molecule has 3 aromatic rings. The molecule has 2 aliphatic rings. The standard InChI is InChI=1S/C21H22ClN5O.2ClH/c22-16-5-8-19-15(10-16)11-24-13-20-25-26-21(27(19)20)14-3-6-17(7-4-14)28-18-2-1-9-23-12-18;;/h1-2,5,8-10,12,14,17,24H,3-4,6-7,11,13H2;2*1H/t14-,17-;;. The van der Waals surface area contributed by atoms with Crippen LogP contribution in [0, 0.1) is 0 Å². The SMILES string of the molecule is Cl.Cl.Clc1ccc2c(c1)CNCc1nnc([C@H]3CC[C@H](Oc4cccnc4)CC3)n1-2. The molecule has 6 nitrogen and oxygen atoms in total. The maximum absolute atomic E-state index is 6.22. The topological polar surface area (TPSA) is 64.9 Å². The van der Waals surface area contributed by atoms with Crippen molar-refractivity contribution in [2.24, 2.45) is 0 Å². The van der Waals surface area contributed by atoms with Crippen LogP contribution in [0.5, 0.6) is 5.75 Å². The highest BCUT2D eigenvalue weighted by Gasteiger charge is 2.30. The molecule has 9 heteroatoms. The van der Waals surface area contributed by atoms with Gasteiger partial charge in [-0.15, -0.1) is 35.0 Å². The molecule has 1 aliphatic heterocycles. The van der Waals surface area contributed by atoms with Gasteiger partial charge in [0.2, 0.25) is 0 Å². The van der Waals surface area contributed by atoms with Crippen LogP contribution in [-0.4, -0.2) is 25.9 Å². The zero-order valence-electron chi connectivity index (χ0n) is 16.3. The van der Waals surface area contributed by atoms with E-state index in [4.69, 9.17) is 16.3 Å². The number of rotatable bonds is 3. The third-order valence-electron chi connectivity index (χ3n) is 5.61. The van der Waals surface area contributed by atoms with Gasteiger partial charge < -0.3 is 10.1 Å². The molecule has 0 saturated heterocycles. The summed E-state index contributed by atoms with van der Waals surface area (Å²) in [6.45, 7) is 1.49. The Kier molecular flexibility index (Phi) is 7.58. The zero-order chi connectivity index (χ0) is 18.9. The molecule has 160 valence electrons. The summed E-state index contributed by atoms with van der Waals surface area (Å²) in [7, 11) is 0. The Morgan fingerprint density at radius 2 is 1.87 bits per heavy atom. The van der Waals surface area contributed by atoms with Gasteiger partial charge in [0.1, 0.15) is 11.6 Å². The first-order chi connectivity index (χ1) is 13.8. The molecule has 1 aliphatic carbocycles. The van der Waals surface area contributed by atoms with Crippen LogP contribution in [0.2, 0.25) is 5.02 Å². The van der Waals surface area contributed by atoms with Crippen molar-refractivity contribution in [2.45, 2.75) is 50.8 Å². The molecule has 1 N–H and O–H groups in total. The third kappa shape index (κ3) is 4.57. The molecule has 0 unspecified atom stereocenters. The van der Waals surface area contributed by atoms with Gasteiger partial charge in [0.05, 0.1) is 24.5 Å². The fraction of sp³-hybridized carbons (Fsp3) is 0.381. The highest BCUT2D eigenvalue weighted by Crippen LogP contribution is 2.36. The number of ether oxygens (including phenoxy) is 1. The molecule has 0 radical (unpaired) electrons. The third-order valence-corrected chi connectivity index (χ3v) is 5.85. The Labute approximate surface area is 193 Å². The van der Waals surface area contributed by atoms with E-state index in [9.17, 15) is 0 Å². The Morgan fingerprint density at radius 1 is 1.03 bits per heavy atom. The molecule has 0 atom stereocenters. The summed E-state index contributed by atoms with van der Waals surface area (Å²) in [6, 6.07) is 9.92. The van der Waals surface area contributed by atoms with Crippen molar-refractivity contribution in [1.29, 1.82) is 0 Å². The second kappa shape index (κ2) is 9.96. The summed E-state index contributed by atoms with van der Waals surface area (Å²) < 4.78 is 8.33. The van der Waals surface area contributed by atoms with E-state index in [1.807, 2.05) is 24.3 Å². The van der Waals surface area contributed by atoms with E-state index < -0.39 is 0 Å². The molecular formula is C21H24Cl3N5O. The Balaban J connectivity index is 0.00000128. The van der Waals surface area contributed by atoms with Crippen molar-refractivity contribution in [3.05, 3.63) is 65.0 Å². The van der Waals surface area contributed by atoms with Crippen LogP contribution < -0.4 is 10.1 Å². The Morgan fingerprint density at radius 3 is 2.63 bits per heavy atom. The van der Waals surface area contributed by atoms with Crippen LogP contribution in [0.3, 0.4) is 0 Å². The number of hydrogen-bond donors (Lipinski definition) is 1. The molecule has 1 fully saturated rings. The number of pyridine rings is 1. The van der Waals surface area contributed by atoms with E-state index in [0.29, 0.717) is 12.5 Å². The van der Waals surface area contributed by atoms with Gasteiger partial charge in [0.15, 0.2) is 5.82 Å². The van der Waals surface area contributed by atoms with Crippen LogP contribution in [0.4, 0.5) is 0 Å². The molecule has 1 saturated carbocycles. The van der Waals surface area contributed by atoms with Gasteiger partial charge in [-0.25, -0.2) is 0 Å². The van der Waals surface area contributed by atoms with Crippen LogP contribution in [-0.2, 0) is 13.1 Å². The number of fused-ring (bicyclic) bond motifs is 3. The summed E-state index contributed by atoms with van der Waals surface area (Å²) in [5.41, 5.74) is 2.32. The lowest BCUT2D eigenvalue weighted by Gasteiger charge is -2.28. The lowest BCUT2D eigenvalue weighted by atomic mass is 9.86. The van der Waals surface area contributed by atoms with E-state index >= 15 is 0 Å². The summed E-state index contributed by atoms with van der Waals surface area (Å²) >= 11 is 6.22. The normalized spacial score (nSPS) is 20.0. The van der Waals surface area contributed by atoms with Crippen molar-refractivity contribution in [1.82, 2.24) is 25.1 Å². The predicted octanol–water partition coefficient (Wildman–Crippen LogP) is 4.87. The van der Waals surface area contributed by atoms with Crippen molar-refractivity contribution in [2.75, 3.05) is 0 Å². The summed E-state index contributed by atoms with van der Waals surface area (Å²) in [5, 5.41) is 13.2. The van der Waals surface area contributed by atoms with Crippen molar-refractivity contribution in [3.8, 4) is 11.4 Å². The first-order valence-corrected chi connectivity index (χ1v) is 10.2. The minimum atomic E-state index is 0. The van der Waals surface area contributed by atoms with Gasteiger partial charge in [-0.2, -0.15) is 0 Å².